The first kappa shape index (κ1) is 10.9. The van der Waals surface area contributed by atoms with E-state index in [0.717, 1.165) is 24.0 Å². The van der Waals surface area contributed by atoms with Gasteiger partial charge in [-0.2, -0.15) is 0 Å². The minimum absolute atomic E-state index is 0.700. The molecule has 0 spiro atoms. The van der Waals surface area contributed by atoms with E-state index in [0.29, 0.717) is 6.04 Å². The Labute approximate surface area is 95.1 Å². The number of nitrogens with zero attached hydrogens (tertiary/aromatic N) is 2. The van der Waals surface area contributed by atoms with Crippen LogP contribution in [0.3, 0.4) is 0 Å². The summed E-state index contributed by atoms with van der Waals surface area (Å²) in [5.41, 5.74) is 1.12. The first-order valence-electron chi connectivity index (χ1n) is 5.49. The number of methoxy groups -OCH3 is 1. The summed E-state index contributed by atoms with van der Waals surface area (Å²) in [7, 11) is 1.76. The Hall–Kier alpha value is -0.610. The number of rotatable bonds is 5. The molecule has 1 aromatic heterocycles. The Balaban J connectivity index is 2.03. The maximum atomic E-state index is 5.15. The van der Waals surface area contributed by atoms with Gasteiger partial charge in [-0.25, -0.2) is 4.98 Å². The summed E-state index contributed by atoms with van der Waals surface area (Å²) >= 11 is 1.74. The van der Waals surface area contributed by atoms with Crippen LogP contribution in [-0.2, 0) is 4.74 Å². The van der Waals surface area contributed by atoms with Gasteiger partial charge in [0.15, 0.2) is 5.13 Å². The van der Waals surface area contributed by atoms with Crippen molar-refractivity contribution in [1.29, 1.82) is 0 Å². The normalized spacial score (nSPS) is 16.4. The standard InChI is InChI=1S/C11H18N2OS/c1-9-8-15-11(12-9)13(6-7-14-2)10-4-3-5-10/h8,10H,3-7H2,1-2H3. The van der Waals surface area contributed by atoms with Crippen molar-refractivity contribution in [3.05, 3.63) is 11.1 Å². The van der Waals surface area contributed by atoms with Gasteiger partial charge in [-0.05, 0) is 26.2 Å². The second kappa shape index (κ2) is 4.94. The Morgan fingerprint density at radius 1 is 1.60 bits per heavy atom. The molecule has 1 aliphatic rings. The van der Waals surface area contributed by atoms with Crippen LogP contribution in [0, 0.1) is 6.92 Å². The molecule has 2 rings (SSSR count). The summed E-state index contributed by atoms with van der Waals surface area (Å²) in [6, 6.07) is 0.700. The zero-order chi connectivity index (χ0) is 10.7. The molecule has 1 aliphatic carbocycles. The average Bonchev–Trinajstić information content (AvgIpc) is 2.56. The number of ether oxygens (including phenoxy) is 1. The van der Waals surface area contributed by atoms with Crippen molar-refractivity contribution < 1.29 is 4.74 Å². The summed E-state index contributed by atoms with van der Waals surface area (Å²) in [6.45, 7) is 3.80. The fourth-order valence-corrected chi connectivity index (χ4v) is 2.70. The van der Waals surface area contributed by atoms with Crippen LogP contribution in [0.2, 0.25) is 0 Å². The summed E-state index contributed by atoms with van der Waals surface area (Å²) in [4.78, 5) is 6.96. The number of anilines is 1. The van der Waals surface area contributed by atoms with E-state index in [9.17, 15) is 0 Å². The zero-order valence-corrected chi connectivity index (χ0v) is 10.2. The second-order valence-corrected chi connectivity index (χ2v) is 4.88. The van der Waals surface area contributed by atoms with Gasteiger partial charge in [0.25, 0.3) is 0 Å². The predicted octanol–water partition coefficient (Wildman–Crippen LogP) is 2.46. The third kappa shape index (κ3) is 2.49. The highest BCUT2D eigenvalue weighted by Gasteiger charge is 2.26. The molecule has 0 N–H and O–H groups in total. The summed E-state index contributed by atoms with van der Waals surface area (Å²) < 4.78 is 5.15. The van der Waals surface area contributed by atoms with Crippen molar-refractivity contribution in [1.82, 2.24) is 4.98 Å². The van der Waals surface area contributed by atoms with E-state index in [1.54, 1.807) is 18.4 Å². The Morgan fingerprint density at radius 2 is 2.40 bits per heavy atom. The van der Waals surface area contributed by atoms with Crippen LogP contribution in [0.15, 0.2) is 5.38 Å². The highest BCUT2D eigenvalue weighted by molar-refractivity contribution is 7.13. The minimum atomic E-state index is 0.700. The van der Waals surface area contributed by atoms with E-state index in [-0.39, 0.29) is 0 Å². The Kier molecular flexibility index (Phi) is 3.59. The quantitative estimate of drug-likeness (QED) is 0.771. The third-order valence-electron chi connectivity index (χ3n) is 2.90. The molecule has 0 radical (unpaired) electrons. The molecule has 3 nitrogen and oxygen atoms in total. The number of thiazole rings is 1. The van der Waals surface area contributed by atoms with Gasteiger partial charge in [0.2, 0.25) is 0 Å². The first-order valence-corrected chi connectivity index (χ1v) is 6.37. The van der Waals surface area contributed by atoms with E-state index in [2.05, 4.69) is 22.2 Å². The molecule has 15 heavy (non-hydrogen) atoms. The van der Waals surface area contributed by atoms with Crippen LogP contribution >= 0.6 is 11.3 Å². The molecule has 1 saturated carbocycles. The van der Waals surface area contributed by atoms with Crippen molar-refractivity contribution in [3.63, 3.8) is 0 Å². The summed E-state index contributed by atoms with van der Waals surface area (Å²) in [5, 5.41) is 3.28. The first-order chi connectivity index (χ1) is 7.31. The van der Waals surface area contributed by atoms with Crippen LogP contribution in [0.1, 0.15) is 25.0 Å². The van der Waals surface area contributed by atoms with Crippen molar-refractivity contribution in [2.45, 2.75) is 32.2 Å². The van der Waals surface area contributed by atoms with Gasteiger partial charge in [0.1, 0.15) is 0 Å². The van der Waals surface area contributed by atoms with E-state index in [1.807, 2.05) is 0 Å². The lowest BCUT2D eigenvalue weighted by molar-refractivity contribution is 0.199. The molecular formula is C11H18N2OS. The number of aromatic nitrogens is 1. The molecule has 1 heterocycles. The fraction of sp³-hybridized carbons (Fsp3) is 0.727. The summed E-state index contributed by atoms with van der Waals surface area (Å²) in [6.07, 6.45) is 3.98. The van der Waals surface area contributed by atoms with Crippen LogP contribution in [0.4, 0.5) is 5.13 Å². The smallest absolute Gasteiger partial charge is 0.185 e. The molecular weight excluding hydrogens is 208 g/mol. The van der Waals surface area contributed by atoms with E-state index in [1.165, 1.54) is 19.3 Å². The number of aryl methyl sites for hydroxylation is 1. The maximum absolute atomic E-state index is 5.15. The molecule has 0 bridgehead atoms. The molecule has 84 valence electrons. The van der Waals surface area contributed by atoms with E-state index in [4.69, 9.17) is 4.74 Å². The van der Waals surface area contributed by atoms with Crippen LogP contribution in [-0.4, -0.2) is 31.3 Å². The van der Waals surface area contributed by atoms with Gasteiger partial charge >= 0.3 is 0 Å². The van der Waals surface area contributed by atoms with Gasteiger partial charge in [0, 0.05) is 25.1 Å². The third-order valence-corrected chi connectivity index (χ3v) is 3.90. The fourth-order valence-electron chi connectivity index (χ4n) is 1.80. The maximum Gasteiger partial charge on any atom is 0.185 e. The van der Waals surface area contributed by atoms with Gasteiger partial charge in [-0.3, -0.25) is 0 Å². The number of hydrogen-bond donors (Lipinski definition) is 0. The Morgan fingerprint density at radius 3 is 2.87 bits per heavy atom. The topological polar surface area (TPSA) is 25.4 Å². The highest BCUT2D eigenvalue weighted by Crippen LogP contribution is 2.31. The number of hydrogen-bond acceptors (Lipinski definition) is 4. The molecule has 0 aromatic carbocycles. The lowest BCUT2D eigenvalue weighted by Gasteiger charge is -2.37. The minimum Gasteiger partial charge on any atom is -0.383 e. The van der Waals surface area contributed by atoms with Crippen molar-refractivity contribution >= 4 is 16.5 Å². The van der Waals surface area contributed by atoms with Crippen molar-refractivity contribution in [2.75, 3.05) is 25.2 Å². The van der Waals surface area contributed by atoms with Gasteiger partial charge < -0.3 is 9.64 Å². The van der Waals surface area contributed by atoms with Gasteiger partial charge in [-0.1, -0.05) is 0 Å². The largest absolute Gasteiger partial charge is 0.383 e. The van der Waals surface area contributed by atoms with Gasteiger partial charge in [0.05, 0.1) is 12.3 Å². The summed E-state index contributed by atoms with van der Waals surface area (Å²) in [5.74, 6) is 0. The predicted molar refractivity (Wildman–Crippen MR) is 63.7 cm³/mol. The molecule has 0 aliphatic heterocycles. The molecule has 0 unspecified atom stereocenters. The molecule has 0 amide bonds. The average molecular weight is 226 g/mol. The van der Waals surface area contributed by atoms with Crippen molar-refractivity contribution in [3.8, 4) is 0 Å². The molecule has 4 heteroatoms. The molecule has 1 fully saturated rings. The molecule has 0 saturated heterocycles. The SMILES string of the molecule is COCCN(c1nc(C)cs1)C1CCC1. The van der Waals surface area contributed by atoms with Crippen LogP contribution in [0.5, 0.6) is 0 Å². The van der Waals surface area contributed by atoms with E-state index >= 15 is 0 Å². The van der Waals surface area contributed by atoms with Gasteiger partial charge in [-0.15, -0.1) is 11.3 Å². The monoisotopic (exact) mass is 226 g/mol. The van der Waals surface area contributed by atoms with E-state index < -0.39 is 0 Å². The van der Waals surface area contributed by atoms with Crippen LogP contribution in [0.25, 0.3) is 0 Å². The van der Waals surface area contributed by atoms with Crippen LogP contribution < -0.4 is 4.90 Å². The lowest BCUT2D eigenvalue weighted by Crippen LogP contribution is -2.42. The van der Waals surface area contributed by atoms with Crippen molar-refractivity contribution in [2.24, 2.45) is 0 Å². The molecule has 0 atom stereocenters. The Bertz CT molecular complexity index is 309. The second-order valence-electron chi connectivity index (χ2n) is 4.04. The highest BCUT2D eigenvalue weighted by atomic mass is 32.1. The molecule has 1 aromatic rings. The lowest BCUT2D eigenvalue weighted by atomic mass is 9.92. The zero-order valence-electron chi connectivity index (χ0n) is 9.40.